The number of carbonyl (C=O) groups excluding carboxylic acids is 1. The monoisotopic (exact) mass is 1100 g/mol. The SMILES string of the molecule is Nc1cc(C(=O)c2ccc(OC(F)=C(F)C(F)(F)C(F)(F)C(F)(F)C(F)(F)C(F)(F)C(F)(F)C(F)(F)F)c(N)c2)ccc1OC(F)=C(F)C(F)(F)C(F)(F)C(F)(F)C(F)(F)C(F)(F)C(F)(F)C(F)(F)F. The molecule has 0 aliphatic rings. The van der Waals surface area contributed by atoms with E-state index in [1.807, 2.05) is 0 Å². The van der Waals surface area contributed by atoms with Gasteiger partial charge in [0, 0.05) is 11.1 Å². The first kappa shape index (κ1) is 60.5. The van der Waals surface area contributed by atoms with Crippen LogP contribution in [-0.2, 0) is 0 Å². The smallest absolute Gasteiger partial charge is 0.427 e. The Labute approximate surface area is 359 Å². The topological polar surface area (TPSA) is 87.6 Å². The Hall–Kier alpha value is -5.59. The molecule has 0 aliphatic carbocycles. The minimum Gasteiger partial charge on any atom is -0.427 e. The lowest BCUT2D eigenvalue weighted by atomic mass is 9.91. The molecule has 39 heteroatoms. The molecule has 2 aromatic carbocycles. The molecule has 0 unspecified atom stereocenters. The predicted molar refractivity (Wildman–Crippen MR) is 156 cm³/mol. The van der Waals surface area contributed by atoms with Crippen LogP contribution in [0.3, 0.4) is 0 Å². The number of hydrogen-bond acceptors (Lipinski definition) is 5. The van der Waals surface area contributed by atoms with E-state index < -0.39 is 147 Å². The second kappa shape index (κ2) is 17.3. The average molecular weight is 1100 g/mol. The van der Waals surface area contributed by atoms with Gasteiger partial charge in [0.2, 0.25) is 11.7 Å². The van der Waals surface area contributed by atoms with Crippen LogP contribution in [0.15, 0.2) is 60.1 Å². The summed E-state index contributed by atoms with van der Waals surface area (Å²) in [7, 11) is 0. The number of nitrogens with two attached hydrogens (primary N) is 2. The lowest BCUT2D eigenvalue weighted by Crippen LogP contribution is -2.72. The van der Waals surface area contributed by atoms with E-state index in [1.165, 1.54) is 0 Å². The summed E-state index contributed by atoms with van der Waals surface area (Å²) in [6.07, 6.45) is -16.0. The largest absolute Gasteiger partial charge is 0.460 e. The highest BCUT2D eigenvalue weighted by Gasteiger charge is 2.95. The summed E-state index contributed by atoms with van der Waals surface area (Å²) < 4.78 is 465. The number of alkyl halides is 30. The van der Waals surface area contributed by atoms with E-state index in [0.717, 1.165) is 0 Å². The zero-order valence-electron chi connectivity index (χ0n) is 31.2. The summed E-state index contributed by atoms with van der Waals surface area (Å²) in [5, 5.41) is 0. The third kappa shape index (κ3) is 8.71. The highest BCUT2D eigenvalue weighted by Crippen LogP contribution is 2.65. The Kier molecular flexibility index (Phi) is 15.0. The van der Waals surface area contributed by atoms with Crippen molar-refractivity contribution in [1.82, 2.24) is 0 Å². The van der Waals surface area contributed by atoms with E-state index in [9.17, 15) is 154 Å². The zero-order valence-corrected chi connectivity index (χ0v) is 31.2. The molecular weight excluding hydrogens is 1090 g/mol. The summed E-state index contributed by atoms with van der Waals surface area (Å²) in [4.78, 5) is 12.8. The van der Waals surface area contributed by atoms with Crippen molar-refractivity contribution in [3.8, 4) is 11.5 Å². The van der Waals surface area contributed by atoms with Crippen molar-refractivity contribution in [3.63, 3.8) is 0 Å². The van der Waals surface area contributed by atoms with Crippen molar-refractivity contribution in [3.05, 3.63) is 71.2 Å². The highest BCUT2D eigenvalue weighted by atomic mass is 19.4. The van der Waals surface area contributed by atoms with Gasteiger partial charge in [-0.25, -0.2) is 0 Å². The molecule has 0 aromatic heterocycles. The van der Waals surface area contributed by atoms with Crippen LogP contribution in [-0.4, -0.2) is 89.2 Å². The Bertz CT molecular complexity index is 2220. The summed E-state index contributed by atoms with van der Waals surface area (Å²) >= 11 is 0. The number of carbonyl (C=O) groups is 1. The van der Waals surface area contributed by atoms with Gasteiger partial charge in [-0.05, 0) is 36.4 Å². The van der Waals surface area contributed by atoms with E-state index in [-0.39, 0.29) is 36.4 Å². The van der Waals surface area contributed by atoms with E-state index >= 15 is 0 Å². The standard InChI is InChI=1S/C31H10F34N2O3/c32-14(18(36,37)20(40,41)22(44,45)24(48,49)26(52,53)28(56,57)30(60,61)62)16(34)69-11-3-1-7(5-9(11)66)13(68)8-2-4-12(10(67)6-8)70-17(35)15(33)19(38,39)21(42,43)23(46,47)25(50,51)27(54,55)29(58,59)31(63,64)65/h1-6H,66-67H2. The molecule has 70 heavy (non-hydrogen) atoms. The molecule has 0 bridgehead atoms. The van der Waals surface area contributed by atoms with Crippen molar-refractivity contribution in [1.29, 1.82) is 0 Å². The van der Waals surface area contributed by atoms with Gasteiger partial charge in [-0.15, -0.1) is 0 Å². The zero-order chi connectivity index (χ0) is 56.0. The number of allylic oxidation sites excluding steroid dienone is 2. The van der Waals surface area contributed by atoms with Gasteiger partial charge in [-0.1, -0.05) is 0 Å². The maximum Gasteiger partial charge on any atom is 0.460 e. The minimum atomic E-state index is -8.92. The number of rotatable bonds is 18. The minimum absolute atomic E-state index is 0.0453. The predicted octanol–water partition coefficient (Wildman–Crippen LogP) is 13.8. The lowest BCUT2D eigenvalue weighted by Gasteiger charge is -2.41. The summed E-state index contributed by atoms with van der Waals surface area (Å²) in [5.41, 5.74) is 5.43. The fourth-order valence-corrected chi connectivity index (χ4v) is 4.47. The fraction of sp³-hybridized carbons (Fsp3) is 0.452. The van der Waals surface area contributed by atoms with Gasteiger partial charge >= 0.3 is 95.4 Å². The normalized spacial score (nSPS) is 15.9. The van der Waals surface area contributed by atoms with Crippen molar-refractivity contribution in [2.75, 3.05) is 11.5 Å². The second-order valence-corrected chi connectivity index (χ2v) is 13.1. The molecule has 0 fully saturated rings. The fourth-order valence-electron chi connectivity index (χ4n) is 4.47. The molecule has 400 valence electrons. The van der Waals surface area contributed by atoms with Crippen LogP contribution in [0.25, 0.3) is 0 Å². The third-order valence-electron chi connectivity index (χ3n) is 8.49. The molecular formula is C31H10F34N2O3. The number of hydrogen-bond donors (Lipinski definition) is 2. The molecule has 0 saturated heterocycles. The van der Waals surface area contributed by atoms with Crippen LogP contribution in [0.4, 0.5) is 161 Å². The van der Waals surface area contributed by atoms with Gasteiger partial charge < -0.3 is 20.9 Å². The van der Waals surface area contributed by atoms with Gasteiger partial charge in [-0.3, -0.25) is 4.79 Å². The summed E-state index contributed by atoms with van der Waals surface area (Å²) in [5.74, 6) is -118. The molecule has 2 aromatic rings. The number of benzene rings is 2. The van der Waals surface area contributed by atoms with Crippen molar-refractivity contribution in [2.24, 2.45) is 0 Å². The number of ketones is 1. The first-order chi connectivity index (χ1) is 30.5. The lowest BCUT2D eigenvalue weighted by molar-refractivity contribution is -0.451. The molecule has 0 amide bonds. The first-order valence-electron chi connectivity index (χ1n) is 16.0. The second-order valence-electron chi connectivity index (χ2n) is 13.1. The maximum absolute atomic E-state index is 14.2. The van der Waals surface area contributed by atoms with E-state index in [2.05, 4.69) is 9.47 Å². The Morgan fingerprint density at radius 2 is 0.557 bits per heavy atom. The van der Waals surface area contributed by atoms with Crippen LogP contribution in [0.5, 0.6) is 11.5 Å². The van der Waals surface area contributed by atoms with E-state index in [0.29, 0.717) is 0 Å². The molecule has 0 radical (unpaired) electrons. The van der Waals surface area contributed by atoms with Crippen LogP contribution in [0, 0.1) is 0 Å². The third-order valence-corrected chi connectivity index (χ3v) is 8.49. The van der Waals surface area contributed by atoms with Crippen molar-refractivity contribution >= 4 is 17.2 Å². The molecule has 0 saturated carbocycles. The number of halogens is 34. The number of nitrogen functional groups attached to an aromatic ring is 2. The summed E-state index contributed by atoms with van der Waals surface area (Å²) in [6.45, 7) is 0. The molecule has 4 N–H and O–H groups in total. The molecule has 5 nitrogen and oxygen atoms in total. The summed E-state index contributed by atoms with van der Waals surface area (Å²) in [6, 6.07) is -7.56. The van der Waals surface area contributed by atoms with Gasteiger partial charge in [-0.2, -0.15) is 149 Å². The molecule has 0 heterocycles. The van der Waals surface area contributed by atoms with Crippen LogP contribution < -0.4 is 20.9 Å². The Morgan fingerprint density at radius 1 is 0.343 bits per heavy atom. The van der Waals surface area contributed by atoms with E-state index in [4.69, 9.17) is 11.5 Å². The van der Waals surface area contributed by atoms with Crippen LogP contribution in [0.2, 0.25) is 0 Å². The van der Waals surface area contributed by atoms with Gasteiger partial charge in [0.1, 0.15) is 0 Å². The molecule has 0 spiro atoms. The van der Waals surface area contributed by atoms with Gasteiger partial charge in [0.15, 0.2) is 17.3 Å². The number of anilines is 2. The van der Waals surface area contributed by atoms with E-state index in [1.54, 1.807) is 0 Å². The van der Waals surface area contributed by atoms with Crippen LogP contribution >= 0.6 is 0 Å². The van der Waals surface area contributed by atoms with Crippen molar-refractivity contribution < 1.29 is 164 Å². The quantitative estimate of drug-likeness (QED) is 0.0672. The Morgan fingerprint density at radius 3 is 0.771 bits per heavy atom. The van der Waals surface area contributed by atoms with Gasteiger partial charge in [0.25, 0.3) is 0 Å². The van der Waals surface area contributed by atoms with Crippen LogP contribution in [0.1, 0.15) is 15.9 Å². The molecule has 2 rings (SSSR count). The maximum atomic E-state index is 14.2. The average Bonchev–Trinajstić information content (AvgIpc) is 3.19. The van der Waals surface area contributed by atoms with Crippen molar-refractivity contribution in [2.45, 2.75) is 83.4 Å². The highest BCUT2D eigenvalue weighted by molar-refractivity contribution is 6.10. The number of ether oxygens (including phenoxy) is 2. The Balaban J connectivity index is 2.48. The first-order valence-corrected chi connectivity index (χ1v) is 16.0. The molecule has 0 atom stereocenters. The van der Waals surface area contributed by atoms with Gasteiger partial charge in [0.05, 0.1) is 11.4 Å². The molecule has 0 aliphatic heterocycles.